The SMILES string of the molecule is CO[C@@H]1CN(C)C(=O)c2cc(NC(=O)CC(F)(F)F)ccc2OC[C@@H](C)N(C(=O)C2CCOCC2)C[C@H]1C. The number of carbonyl (C=O) groups is 3. The predicted molar refractivity (Wildman–Crippen MR) is 133 cm³/mol. The van der Waals surface area contributed by atoms with Crippen molar-refractivity contribution in [3.05, 3.63) is 23.8 Å². The quantitative estimate of drug-likeness (QED) is 0.626. The third-order valence-corrected chi connectivity index (χ3v) is 6.94. The number of fused-ring (bicyclic) bond motifs is 1. The van der Waals surface area contributed by atoms with Crippen LogP contribution in [0.15, 0.2) is 18.2 Å². The number of likely N-dealkylation sites (N-methyl/N-ethyl adjacent to an activating group) is 1. The summed E-state index contributed by atoms with van der Waals surface area (Å²) in [5.74, 6) is -1.72. The second kappa shape index (κ2) is 12.8. The summed E-state index contributed by atoms with van der Waals surface area (Å²) >= 11 is 0. The molecule has 0 aromatic heterocycles. The van der Waals surface area contributed by atoms with E-state index in [4.69, 9.17) is 14.2 Å². The van der Waals surface area contributed by atoms with E-state index >= 15 is 0 Å². The summed E-state index contributed by atoms with van der Waals surface area (Å²) in [6, 6.07) is 3.78. The fourth-order valence-electron chi connectivity index (χ4n) is 4.73. The Kier molecular flexibility index (Phi) is 10.00. The molecule has 3 amide bonds. The number of alkyl halides is 3. The van der Waals surface area contributed by atoms with E-state index < -0.39 is 24.4 Å². The highest BCUT2D eigenvalue weighted by Gasteiger charge is 2.34. The van der Waals surface area contributed by atoms with E-state index in [9.17, 15) is 27.6 Å². The van der Waals surface area contributed by atoms with Crippen molar-refractivity contribution in [2.24, 2.45) is 11.8 Å². The van der Waals surface area contributed by atoms with Crippen LogP contribution in [0.1, 0.15) is 43.5 Å². The van der Waals surface area contributed by atoms with Crippen LogP contribution in [0.25, 0.3) is 0 Å². The number of nitrogens with one attached hydrogen (secondary N) is 1. The van der Waals surface area contributed by atoms with Crippen LogP contribution in [0.2, 0.25) is 0 Å². The fraction of sp³-hybridized carbons (Fsp3) is 0.654. The molecule has 1 aromatic rings. The molecule has 0 unspecified atom stereocenters. The second-order valence-electron chi connectivity index (χ2n) is 10.0. The van der Waals surface area contributed by atoms with Crippen LogP contribution in [0, 0.1) is 11.8 Å². The smallest absolute Gasteiger partial charge is 0.397 e. The predicted octanol–water partition coefficient (Wildman–Crippen LogP) is 3.34. The van der Waals surface area contributed by atoms with Crippen LogP contribution in [-0.4, -0.2) is 92.9 Å². The minimum atomic E-state index is -4.66. The number of hydrogen-bond donors (Lipinski definition) is 1. The molecule has 0 spiro atoms. The van der Waals surface area contributed by atoms with Crippen molar-refractivity contribution in [1.29, 1.82) is 0 Å². The van der Waals surface area contributed by atoms with Crippen molar-refractivity contribution < 1.29 is 41.8 Å². The number of ether oxygens (including phenoxy) is 3. The number of methoxy groups -OCH3 is 1. The van der Waals surface area contributed by atoms with Gasteiger partial charge in [0.2, 0.25) is 11.8 Å². The van der Waals surface area contributed by atoms with E-state index in [1.165, 1.54) is 23.1 Å². The van der Waals surface area contributed by atoms with Crippen molar-refractivity contribution in [2.45, 2.75) is 51.4 Å². The van der Waals surface area contributed by atoms with Crippen LogP contribution < -0.4 is 10.1 Å². The molecule has 1 saturated heterocycles. The monoisotopic (exact) mass is 543 g/mol. The van der Waals surface area contributed by atoms with Crippen molar-refractivity contribution in [3.63, 3.8) is 0 Å². The van der Waals surface area contributed by atoms with Crippen LogP contribution in [0.3, 0.4) is 0 Å². The Balaban J connectivity index is 1.91. The van der Waals surface area contributed by atoms with Gasteiger partial charge in [-0.3, -0.25) is 14.4 Å². The van der Waals surface area contributed by atoms with Gasteiger partial charge in [-0.25, -0.2) is 0 Å². The summed E-state index contributed by atoms with van der Waals surface area (Å²) in [5.41, 5.74) is 0.117. The van der Waals surface area contributed by atoms with Crippen LogP contribution in [0.4, 0.5) is 18.9 Å². The van der Waals surface area contributed by atoms with Crippen LogP contribution >= 0.6 is 0 Å². The average Bonchev–Trinajstić information content (AvgIpc) is 2.87. The molecule has 212 valence electrons. The molecule has 2 aliphatic rings. The maximum atomic E-state index is 13.5. The van der Waals surface area contributed by atoms with Gasteiger partial charge in [0.15, 0.2) is 0 Å². The molecule has 0 radical (unpaired) electrons. The van der Waals surface area contributed by atoms with Gasteiger partial charge in [-0.15, -0.1) is 0 Å². The molecule has 2 aliphatic heterocycles. The highest BCUT2D eigenvalue weighted by molar-refractivity contribution is 5.99. The van der Waals surface area contributed by atoms with Crippen molar-refractivity contribution in [1.82, 2.24) is 9.80 Å². The van der Waals surface area contributed by atoms with Crippen molar-refractivity contribution in [3.8, 4) is 5.75 Å². The maximum absolute atomic E-state index is 13.5. The molecule has 1 N–H and O–H groups in total. The summed E-state index contributed by atoms with van der Waals surface area (Å²) in [5, 5.41) is 2.19. The lowest BCUT2D eigenvalue weighted by atomic mass is 9.95. The molecular weight excluding hydrogens is 507 g/mol. The molecule has 0 aliphatic carbocycles. The van der Waals surface area contributed by atoms with Gasteiger partial charge in [0.05, 0.1) is 17.7 Å². The molecule has 1 fully saturated rings. The van der Waals surface area contributed by atoms with E-state index in [0.717, 1.165) is 0 Å². The Hall–Kier alpha value is -2.86. The zero-order valence-corrected chi connectivity index (χ0v) is 22.2. The Morgan fingerprint density at radius 1 is 1.16 bits per heavy atom. The van der Waals surface area contributed by atoms with Crippen LogP contribution in [0.5, 0.6) is 5.75 Å². The summed E-state index contributed by atoms with van der Waals surface area (Å²) in [7, 11) is 3.13. The van der Waals surface area contributed by atoms with E-state index in [0.29, 0.717) is 32.6 Å². The number of halogens is 3. The molecule has 9 nitrogen and oxygen atoms in total. The topological polar surface area (TPSA) is 97.4 Å². The standard InChI is InChI=1S/C26H36F3N3O6/c1-16-13-32(24(34)18-7-9-37-10-8-18)17(2)15-38-21-6-5-19(30-23(33)12-26(27,28)29)11-20(21)25(35)31(3)14-22(16)36-4/h5-6,11,16-18,22H,7-10,12-15H2,1-4H3,(H,30,33)/t16-,17-,22-/m1/s1. The molecule has 0 bridgehead atoms. The van der Waals surface area contributed by atoms with E-state index in [2.05, 4.69) is 5.32 Å². The minimum absolute atomic E-state index is 0.0236. The molecule has 3 rings (SSSR count). The van der Waals surface area contributed by atoms with Gasteiger partial charge in [0.1, 0.15) is 18.8 Å². The Morgan fingerprint density at radius 3 is 2.47 bits per heavy atom. The van der Waals surface area contributed by atoms with Crippen molar-refractivity contribution >= 4 is 23.4 Å². The third kappa shape index (κ3) is 7.83. The number of amides is 3. The minimum Gasteiger partial charge on any atom is -0.491 e. The number of hydrogen-bond acceptors (Lipinski definition) is 6. The number of anilines is 1. The molecule has 12 heteroatoms. The number of nitrogens with zero attached hydrogens (tertiary/aromatic N) is 2. The largest absolute Gasteiger partial charge is 0.491 e. The molecule has 38 heavy (non-hydrogen) atoms. The zero-order valence-electron chi connectivity index (χ0n) is 22.2. The normalized spacial score (nSPS) is 24.1. The molecular formula is C26H36F3N3O6. The van der Waals surface area contributed by atoms with Gasteiger partial charge in [0.25, 0.3) is 5.91 Å². The van der Waals surface area contributed by atoms with Gasteiger partial charge in [-0.05, 0) is 38.0 Å². The number of rotatable bonds is 4. The Bertz CT molecular complexity index is 999. The zero-order chi connectivity index (χ0) is 28.0. The van der Waals surface area contributed by atoms with Crippen molar-refractivity contribution in [2.75, 3.05) is 52.4 Å². The maximum Gasteiger partial charge on any atom is 0.397 e. The Labute approximate surface area is 220 Å². The van der Waals surface area contributed by atoms with E-state index in [1.807, 2.05) is 18.7 Å². The third-order valence-electron chi connectivity index (χ3n) is 6.94. The number of benzene rings is 1. The van der Waals surface area contributed by atoms with Gasteiger partial charge in [-0.2, -0.15) is 13.2 Å². The summed E-state index contributed by atoms with van der Waals surface area (Å²) in [4.78, 5) is 42.0. The van der Waals surface area contributed by atoms with Gasteiger partial charge in [0, 0.05) is 58.0 Å². The Morgan fingerprint density at radius 2 is 1.84 bits per heavy atom. The highest BCUT2D eigenvalue weighted by Crippen LogP contribution is 2.28. The first-order valence-electron chi connectivity index (χ1n) is 12.7. The molecule has 1 aromatic carbocycles. The lowest BCUT2D eigenvalue weighted by molar-refractivity contribution is -0.150. The average molecular weight is 544 g/mol. The molecule has 3 atom stereocenters. The van der Waals surface area contributed by atoms with E-state index in [1.54, 1.807) is 14.2 Å². The highest BCUT2D eigenvalue weighted by atomic mass is 19.4. The van der Waals surface area contributed by atoms with Gasteiger partial charge >= 0.3 is 6.18 Å². The second-order valence-corrected chi connectivity index (χ2v) is 10.0. The summed E-state index contributed by atoms with van der Waals surface area (Å²) in [6.45, 7) is 5.60. The lowest BCUT2D eigenvalue weighted by Crippen LogP contribution is -2.50. The van der Waals surface area contributed by atoms with Gasteiger partial charge in [-0.1, -0.05) is 6.92 Å². The first-order valence-corrected chi connectivity index (χ1v) is 12.7. The van der Waals surface area contributed by atoms with Gasteiger partial charge < -0.3 is 29.3 Å². The summed E-state index contributed by atoms with van der Waals surface area (Å²) < 4.78 is 54.9. The molecule has 0 saturated carbocycles. The lowest BCUT2D eigenvalue weighted by Gasteiger charge is -2.38. The molecule has 2 heterocycles. The first kappa shape index (κ1) is 29.7. The fourth-order valence-corrected chi connectivity index (χ4v) is 4.73. The van der Waals surface area contributed by atoms with Crippen LogP contribution in [-0.2, 0) is 19.1 Å². The first-order chi connectivity index (χ1) is 17.9. The van der Waals surface area contributed by atoms with E-state index in [-0.39, 0.29) is 60.0 Å². The number of carbonyl (C=O) groups excluding carboxylic acids is 3. The summed E-state index contributed by atoms with van der Waals surface area (Å²) in [6.07, 6.45) is -5.40.